The summed E-state index contributed by atoms with van der Waals surface area (Å²) in [4.78, 5) is 14.6. The predicted octanol–water partition coefficient (Wildman–Crippen LogP) is 1.90. The number of carbonyl (C=O) groups excluding carboxylic acids is 1. The number of rotatable bonds is 2. The second-order valence-corrected chi connectivity index (χ2v) is 3.12. The lowest BCUT2D eigenvalue weighted by Crippen LogP contribution is -1.90. The van der Waals surface area contributed by atoms with E-state index in [0.29, 0.717) is 5.69 Å². The molecule has 0 fully saturated rings. The van der Waals surface area contributed by atoms with Crippen LogP contribution in [-0.2, 0) is 7.05 Å². The van der Waals surface area contributed by atoms with Crippen LogP contribution in [0.3, 0.4) is 0 Å². The number of aryl methyl sites for hydroxylation is 1. The molecule has 0 atom stereocenters. The lowest BCUT2D eigenvalue weighted by molar-refractivity contribution is 0.111. The minimum atomic E-state index is 0.678. The van der Waals surface area contributed by atoms with Crippen molar-refractivity contribution in [1.29, 1.82) is 0 Å². The molecule has 0 aliphatic heterocycles. The highest BCUT2D eigenvalue weighted by Crippen LogP contribution is 2.19. The molecule has 2 aromatic heterocycles. The highest BCUT2D eigenvalue weighted by Gasteiger charge is 2.03. The first-order valence-electron chi connectivity index (χ1n) is 4.33. The SMILES string of the molecule is Cn1cc(-c2ccncc2)cc1C=O. The van der Waals surface area contributed by atoms with Crippen molar-refractivity contribution in [2.45, 2.75) is 0 Å². The highest BCUT2D eigenvalue weighted by molar-refractivity contribution is 5.77. The summed E-state index contributed by atoms with van der Waals surface area (Å²) in [5.41, 5.74) is 2.79. The smallest absolute Gasteiger partial charge is 0.166 e. The van der Waals surface area contributed by atoms with Crippen molar-refractivity contribution in [3.63, 3.8) is 0 Å². The van der Waals surface area contributed by atoms with Crippen LogP contribution in [0.2, 0.25) is 0 Å². The summed E-state index contributed by atoms with van der Waals surface area (Å²) in [6, 6.07) is 5.70. The minimum absolute atomic E-state index is 0.678. The third-order valence-electron chi connectivity index (χ3n) is 2.18. The molecule has 0 aromatic carbocycles. The van der Waals surface area contributed by atoms with Gasteiger partial charge in [0.15, 0.2) is 6.29 Å². The number of nitrogens with zero attached hydrogens (tertiary/aromatic N) is 2. The van der Waals surface area contributed by atoms with Crippen molar-refractivity contribution in [2.75, 3.05) is 0 Å². The van der Waals surface area contributed by atoms with E-state index in [1.54, 1.807) is 12.4 Å². The number of pyridine rings is 1. The largest absolute Gasteiger partial charge is 0.348 e. The van der Waals surface area contributed by atoms with E-state index < -0.39 is 0 Å². The van der Waals surface area contributed by atoms with E-state index in [1.807, 2.05) is 36.0 Å². The number of carbonyl (C=O) groups is 1. The zero-order valence-electron chi connectivity index (χ0n) is 7.84. The number of hydrogen-bond donors (Lipinski definition) is 0. The monoisotopic (exact) mass is 186 g/mol. The fourth-order valence-corrected chi connectivity index (χ4v) is 1.40. The van der Waals surface area contributed by atoms with Crippen molar-refractivity contribution in [2.24, 2.45) is 7.05 Å². The van der Waals surface area contributed by atoms with Gasteiger partial charge in [-0.05, 0) is 23.8 Å². The Balaban J connectivity index is 2.48. The van der Waals surface area contributed by atoms with E-state index in [1.165, 1.54) is 0 Å². The Morgan fingerprint density at radius 1 is 1.29 bits per heavy atom. The summed E-state index contributed by atoms with van der Waals surface area (Å²) < 4.78 is 1.81. The molecular formula is C11H10N2O. The number of aromatic nitrogens is 2. The van der Waals surface area contributed by atoms with E-state index in [4.69, 9.17) is 0 Å². The molecule has 2 aromatic rings. The van der Waals surface area contributed by atoms with Gasteiger partial charge in [-0.25, -0.2) is 0 Å². The molecule has 3 heteroatoms. The first-order valence-corrected chi connectivity index (χ1v) is 4.33. The Bertz CT molecular complexity index is 446. The Morgan fingerprint density at radius 3 is 2.57 bits per heavy atom. The van der Waals surface area contributed by atoms with Crippen LogP contribution in [0.5, 0.6) is 0 Å². The molecule has 0 saturated heterocycles. The molecule has 3 nitrogen and oxygen atoms in total. The van der Waals surface area contributed by atoms with Crippen LogP contribution in [0.1, 0.15) is 10.5 Å². The van der Waals surface area contributed by atoms with Gasteiger partial charge in [-0.3, -0.25) is 9.78 Å². The molecule has 0 N–H and O–H groups in total. The van der Waals surface area contributed by atoms with Gasteiger partial charge >= 0.3 is 0 Å². The number of aldehydes is 1. The zero-order valence-corrected chi connectivity index (χ0v) is 7.84. The van der Waals surface area contributed by atoms with E-state index in [2.05, 4.69) is 4.98 Å². The maximum atomic E-state index is 10.6. The summed E-state index contributed by atoms with van der Waals surface area (Å²) in [6.45, 7) is 0. The van der Waals surface area contributed by atoms with E-state index in [-0.39, 0.29) is 0 Å². The fraction of sp³-hybridized carbons (Fsp3) is 0.0909. The Hall–Kier alpha value is -1.90. The molecule has 0 bridgehead atoms. The summed E-state index contributed by atoms with van der Waals surface area (Å²) in [6.07, 6.45) is 6.26. The van der Waals surface area contributed by atoms with E-state index in [0.717, 1.165) is 17.4 Å². The molecule has 0 aliphatic carbocycles. The normalized spacial score (nSPS) is 10.1. The zero-order chi connectivity index (χ0) is 9.97. The molecule has 0 amide bonds. The van der Waals surface area contributed by atoms with Crippen LogP contribution in [0, 0.1) is 0 Å². The molecule has 2 rings (SSSR count). The fourth-order valence-electron chi connectivity index (χ4n) is 1.40. The second-order valence-electron chi connectivity index (χ2n) is 3.12. The summed E-state index contributed by atoms with van der Waals surface area (Å²) in [5, 5.41) is 0. The molecular weight excluding hydrogens is 176 g/mol. The van der Waals surface area contributed by atoms with Gasteiger partial charge in [-0.2, -0.15) is 0 Å². The van der Waals surface area contributed by atoms with Gasteiger partial charge in [0.25, 0.3) is 0 Å². The molecule has 0 saturated carbocycles. The molecule has 0 spiro atoms. The van der Waals surface area contributed by atoms with Gasteiger partial charge < -0.3 is 4.57 Å². The number of hydrogen-bond acceptors (Lipinski definition) is 2. The lowest BCUT2D eigenvalue weighted by atomic mass is 10.1. The Kier molecular flexibility index (Phi) is 2.14. The molecule has 0 radical (unpaired) electrons. The van der Waals surface area contributed by atoms with Gasteiger partial charge in [0.2, 0.25) is 0 Å². The quantitative estimate of drug-likeness (QED) is 0.671. The average Bonchev–Trinajstić information content (AvgIpc) is 2.61. The molecule has 70 valence electrons. The van der Waals surface area contributed by atoms with Gasteiger partial charge in [0.1, 0.15) is 0 Å². The second kappa shape index (κ2) is 3.46. The van der Waals surface area contributed by atoms with Crippen molar-refractivity contribution in [3.8, 4) is 11.1 Å². The molecule has 2 heterocycles. The van der Waals surface area contributed by atoms with Crippen LogP contribution < -0.4 is 0 Å². The Labute approximate surface area is 82.0 Å². The minimum Gasteiger partial charge on any atom is -0.348 e. The van der Waals surface area contributed by atoms with Gasteiger partial charge in [0, 0.05) is 31.2 Å². The van der Waals surface area contributed by atoms with Gasteiger partial charge in [-0.15, -0.1) is 0 Å². The maximum absolute atomic E-state index is 10.6. The first kappa shape index (κ1) is 8.69. The van der Waals surface area contributed by atoms with Gasteiger partial charge in [-0.1, -0.05) is 0 Å². The maximum Gasteiger partial charge on any atom is 0.166 e. The molecule has 0 aliphatic rings. The van der Waals surface area contributed by atoms with Crippen molar-refractivity contribution >= 4 is 6.29 Å². The van der Waals surface area contributed by atoms with Crippen LogP contribution in [0.25, 0.3) is 11.1 Å². The predicted molar refractivity (Wildman–Crippen MR) is 54.0 cm³/mol. The van der Waals surface area contributed by atoms with E-state index >= 15 is 0 Å². The van der Waals surface area contributed by atoms with Crippen LogP contribution in [-0.4, -0.2) is 15.8 Å². The van der Waals surface area contributed by atoms with Crippen LogP contribution in [0.15, 0.2) is 36.8 Å². The van der Waals surface area contributed by atoms with E-state index in [9.17, 15) is 4.79 Å². The third kappa shape index (κ3) is 1.44. The molecule has 0 unspecified atom stereocenters. The molecule has 14 heavy (non-hydrogen) atoms. The first-order chi connectivity index (χ1) is 6.81. The topological polar surface area (TPSA) is 34.9 Å². The standard InChI is InChI=1S/C11H10N2O/c1-13-7-10(6-11(13)8-14)9-2-4-12-5-3-9/h2-8H,1H3. The lowest BCUT2D eigenvalue weighted by Gasteiger charge is -1.94. The van der Waals surface area contributed by atoms with Crippen molar-refractivity contribution in [3.05, 3.63) is 42.5 Å². The Morgan fingerprint density at radius 2 is 2.00 bits per heavy atom. The van der Waals surface area contributed by atoms with Crippen LogP contribution in [0.4, 0.5) is 0 Å². The average molecular weight is 186 g/mol. The summed E-state index contributed by atoms with van der Waals surface area (Å²) in [5.74, 6) is 0. The van der Waals surface area contributed by atoms with Gasteiger partial charge in [0.05, 0.1) is 5.69 Å². The highest BCUT2D eigenvalue weighted by atomic mass is 16.1. The summed E-state index contributed by atoms with van der Waals surface area (Å²) >= 11 is 0. The summed E-state index contributed by atoms with van der Waals surface area (Å²) in [7, 11) is 1.86. The third-order valence-corrected chi connectivity index (χ3v) is 2.18. The van der Waals surface area contributed by atoms with Crippen molar-refractivity contribution < 1.29 is 4.79 Å². The van der Waals surface area contributed by atoms with Crippen molar-refractivity contribution in [1.82, 2.24) is 9.55 Å². The van der Waals surface area contributed by atoms with Crippen LogP contribution >= 0.6 is 0 Å².